The van der Waals surface area contributed by atoms with Gasteiger partial charge in [0.05, 0.1) is 12.3 Å². The van der Waals surface area contributed by atoms with Gasteiger partial charge in [0.15, 0.2) is 6.17 Å². The first kappa shape index (κ1) is 9.09. The Morgan fingerprint density at radius 2 is 2.00 bits per heavy atom. The SMILES string of the molecule is [2H]c1c([2H])[n+](C)c(-c2cc(C([2H])(C)C([2H])([2H])[2H])cc(C)c2C)c2ccccc12. The van der Waals surface area contributed by atoms with Crippen LogP contribution in [0.2, 0.25) is 0 Å². The number of hydrogen-bond donors (Lipinski definition) is 0. The van der Waals surface area contributed by atoms with Crippen molar-refractivity contribution >= 4 is 10.8 Å². The molecule has 3 rings (SSSR count). The van der Waals surface area contributed by atoms with Crippen molar-refractivity contribution in [2.45, 2.75) is 33.5 Å². The molecule has 1 nitrogen and oxygen atoms in total. The molecule has 0 aliphatic heterocycles. The topological polar surface area (TPSA) is 3.88 Å². The minimum atomic E-state index is -2.47. The summed E-state index contributed by atoms with van der Waals surface area (Å²) in [5.74, 6) is -1.76. The van der Waals surface area contributed by atoms with Crippen LogP contribution < -0.4 is 4.57 Å². The average molecular weight is 296 g/mol. The Bertz CT molecular complexity index is 1080. The monoisotopic (exact) mass is 296 g/mol. The lowest BCUT2D eigenvalue weighted by Gasteiger charge is -2.14. The predicted molar refractivity (Wildman–Crippen MR) is 94.1 cm³/mol. The molecule has 22 heavy (non-hydrogen) atoms. The molecule has 1 atom stereocenters. The van der Waals surface area contributed by atoms with Crippen LogP contribution >= 0.6 is 0 Å². The normalized spacial score (nSPS) is 18.5. The molecule has 0 N–H and O–H groups in total. The second-order valence-electron chi connectivity index (χ2n) is 5.78. The van der Waals surface area contributed by atoms with Crippen LogP contribution in [0.5, 0.6) is 0 Å². The molecule has 0 fully saturated rings. The fraction of sp³-hybridized carbons (Fsp3) is 0.286. The summed E-state index contributed by atoms with van der Waals surface area (Å²) < 4.78 is 50.2. The highest BCUT2D eigenvalue weighted by Gasteiger charge is 2.19. The molecular weight excluding hydrogens is 266 g/mol. The van der Waals surface area contributed by atoms with Crippen molar-refractivity contribution in [2.24, 2.45) is 7.05 Å². The quantitative estimate of drug-likeness (QED) is 0.581. The lowest BCUT2D eigenvalue weighted by molar-refractivity contribution is -0.659. The lowest BCUT2D eigenvalue weighted by Crippen LogP contribution is -2.30. The molecule has 2 aromatic carbocycles. The van der Waals surface area contributed by atoms with E-state index in [0.717, 1.165) is 27.8 Å². The summed E-state index contributed by atoms with van der Waals surface area (Å²) in [4.78, 5) is 0. The summed E-state index contributed by atoms with van der Waals surface area (Å²) >= 11 is 0. The number of aromatic nitrogens is 1. The Morgan fingerprint density at radius 1 is 1.23 bits per heavy atom. The minimum absolute atomic E-state index is 0.0839. The van der Waals surface area contributed by atoms with E-state index in [4.69, 9.17) is 8.22 Å². The van der Waals surface area contributed by atoms with Crippen molar-refractivity contribution in [2.75, 3.05) is 0 Å². The second-order valence-corrected chi connectivity index (χ2v) is 5.78. The van der Waals surface area contributed by atoms with Gasteiger partial charge in [-0.1, -0.05) is 38.0 Å². The number of hydrogen-bond acceptors (Lipinski definition) is 0. The number of nitrogens with zero attached hydrogens (tertiary/aromatic N) is 1. The van der Waals surface area contributed by atoms with E-state index in [1.165, 1.54) is 6.92 Å². The van der Waals surface area contributed by atoms with Crippen molar-refractivity contribution in [3.05, 3.63) is 65.3 Å². The van der Waals surface area contributed by atoms with E-state index in [1.807, 2.05) is 38.1 Å². The van der Waals surface area contributed by atoms with E-state index >= 15 is 0 Å². The maximum absolute atomic E-state index is 8.50. The molecule has 0 saturated heterocycles. The summed E-state index contributed by atoms with van der Waals surface area (Å²) in [6.45, 7) is 2.80. The Morgan fingerprint density at radius 3 is 2.77 bits per heavy atom. The Kier molecular flexibility index (Phi) is 2.30. The third-order valence-electron chi connectivity index (χ3n) is 4.23. The number of benzene rings is 2. The van der Waals surface area contributed by atoms with Gasteiger partial charge in [0, 0.05) is 11.5 Å². The first-order chi connectivity index (χ1) is 12.9. The largest absolute Gasteiger partial charge is 0.220 e. The van der Waals surface area contributed by atoms with E-state index in [2.05, 4.69) is 0 Å². The molecule has 3 aromatic rings. The van der Waals surface area contributed by atoms with Crippen LogP contribution in [0.15, 0.2) is 48.6 Å². The molecule has 1 aromatic heterocycles. The molecule has 0 radical (unpaired) electrons. The minimum Gasteiger partial charge on any atom is -0.200 e. The van der Waals surface area contributed by atoms with Crippen molar-refractivity contribution < 1.29 is 12.8 Å². The van der Waals surface area contributed by atoms with E-state index in [-0.39, 0.29) is 12.2 Å². The van der Waals surface area contributed by atoms with Crippen LogP contribution in [0, 0.1) is 13.8 Å². The smallest absolute Gasteiger partial charge is 0.200 e. The molecule has 112 valence electrons. The van der Waals surface area contributed by atoms with Gasteiger partial charge < -0.3 is 0 Å². The molecule has 0 amide bonds. The number of pyridine rings is 1. The Hall–Kier alpha value is -2.15. The zero-order valence-corrected chi connectivity index (χ0v) is 13.4. The Labute approximate surface area is 141 Å². The predicted octanol–water partition coefficient (Wildman–Crippen LogP) is 5.07. The zero-order chi connectivity index (χ0) is 21.0. The van der Waals surface area contributed by atoms with Gasteiger partial charge in [0.25, 0.3) is 0 Å². The molecule has 0 aliphatic carbocycles. The average Bonchev–Trinajstić information content (AvgIpc) is 2.62. The third-order valence-corrected chi connectivity index (χ3v) is 4.23. The highest BCUT2D eigenvalue weighted by atomic mass is 14.9. The molecule has 1 heterocycles. The fourth-order valence-corrected chi connectivity index (χ4v) is 2.83. The van der Waals surface area contributed by atoms with Gasteiger partial charge in [-0.05, 0) is 54.0 Å². The molecule has 0 spiro atoms. The summed E-state index contributed by atoms with van der Waals surface area (Å²) in [6.07, 6.45) is 0.0839. The third kappa shape index (κ3) is 2.41. The van der Waals surface area contributed by atoms with E-state index in [9.17, 15) is 0 Å². The summed E-state index contributed by atoms with van der Waals surface area (Å²) in [6, 6.07) is 11.1. The van der Waals surface area contributed by atoms with Crippen LogP contribution in [-0.4, -0.2) is 0 Å². The van der Waals surface area contributed by atoms with Gasteiger partial charge in [-0.25, -0.2) is 4.57 Å². The van der Waals surface area contributed by atoms with Crippen molar-refractivity contribution in [3.63, 3.8) is 0 Å². The van der Waals surface area contributed by atoms with Gasteiger partial charge in [0.1, 0.15) is 8.42 Å². The van der Waals surface area contributed by atoms with Crippen LogP contribution in [0.25, 0.3) is 22.0 Å². The number of fused-ring (bicyclic) bond motifs is 1. The van der Waals surface area contributed by atoms with Crippen LogP contribution in [0.3, 0.4) is 0 Å². The van der Waals surface area contributed by atoms with Crippen LogP contribution in [-0.2, 0) is 7.05 Å². The number of aryl methyl sites for hydroxylation is 1. The van der Waals surface area contributed by atoms with Gasteiger partial charge >= 0.3 is 0 Å². The maximum Gasteiger partial charge on any atom is 0.220 e. The summed E-state index contributed by atoms with van der Waals surface area (Å²) in [5, 5.41) is 1.50. The molecule has 0 bridgehead atoms. The van der Waals surface area contributed by atoms with Gasteiger partial charge in [-0.2, -0.15) is 0 Å². The Balaban J connectivity index is 2.44. The lowest BCUT2D eigenvalue weighted by atomic mass is 9.91. The summed E-state index contributed by atoms with van der Waals surface area (Å²) in [5.41, 5.74) is 3.80. The van der Waals surface area contributed by atoms with Gasteiger partial charge in [-0.3, -0.25) is 0 Å². The van der Waals surface area contributed by atoms with E-state index in [0.29, 0.717) is 10.9 Å². The first-order valence-electron chi connectivity index (χ1n) is 10.4. The molecule has 1 unspecified atom stereocenters. The standard InChI is InChI=1S/C21H24N/c1-14(2)18-12-15(3)16(4)20(13-18)21-19-9-7-6-8-17(19)10-11-22(21)5/h6-14H,1-5H3/q+1/i1D3,10D,11D,14D. The maximum atomic E-state index is 8.50. The van der Waals surface area contributed by atoms with E-state index in [1.54, 1.807) is 23.7 Å². The van der Waals surface area contributed by atoms with Crippen LogP contribution in [0.1, 0.15) is 44.6 Å². The van der Waals surface area contributed by atoms with Gasteiger partial charge in [0.2, 0.25) is 5.69 Å². The van der Waals surface area contributed by atoms with Crippen molar-refractivity contribution in [3.8, 4) is 11.3 Å². The van der Waals surface area contributed by atoms with Crippen molar-refractivity contribution in [1.82, 2.24) is 0 Å². The molecule has 0 saturated carbocycles. The molecule has 1 heteroatoms. The van der Waals surface area contributed by atoms with Crippen molar-refractivity contribution in [1.29, 1.82) is 0 Å². The highest BCUT2D eigenvalue weighted by molar-refractivity contribution is 5.93. The molecular formula is C21H24N+. The number of rotatable bonds is 2. The summed E-state index contributed by atoms with van der Waals surface area (Å²) in [7, 11) is 1.74. The zero-order valence-electron chi connectivity index (χ0n) is 19.4. The fourth-order valence-electron chi connectivity index (χ4n) is 2.83. The van der Waals surface area contributed by atoms with Crippen LogP contribution in [0.4, 0.5) is 0 Å². The highest BCUT2D eigenvalue weighted by Crippen LogP contribution is 2.32. The van der Waals surface area contributed by atoms with Gasteiger partial charge in [-0.15, -0.1) is 0 Å². The van der Waals surface area contributed by atoms with E-state index < -0.39 is 12.7 Å². The molecule has 0 aliphatic rings. The second kappa shape index (κ2) is 5.57. The first-order valence-corrected chi connectivity index (χ1v) is 7.38.